The van der Waals surface area contributed by atoms with Gasteiger partial charge in [0, 0.05) is 0 Å². The number of benzene rings is 2. The zero-order valence-electron chi connectivity index (χ0n) is 14.8. The maximum absolute atomic E-state index is 5.52. The van der Waals surface area contributed by atoms with Crippen LogP contribution in [0.2, 0.25) is 0 Å². The van der Waals surface area contributed by atoms with Gasteiger partial charge < -0.3 is 4.74 Å². The number of rotatable bonds is 5. The highest BCUT2D eigenvalue weighted by molar-refractivity contribution is 5.46. The largest absolute Gasteiger partial charge is 0.496 e. The Hall–Kier alpha value is -1.76. The van der Waals surface area contributed by atoms with Gasteiger partial charge in [-0.15, -0.1) is 0 Å². The van der Waals surface area contributed by atoms with Gasteiger partial charge in [0.25, 0.3) is 0 Å². The predicted octanol–water partition coefficient (Wildman–Crippen LogP) is 5.34. The van der Waals surface area contributed by atoms with E-state index in [-0.39, 0.29) is 0 Å². The third-order valence-electron chi connectivity index (χ3n) is 4.68. The highest BCUT2D eigenvalue weighted by Crippen LogP contribution is 2.27. The van der Waals surface area contributed by atoms with Gasteiger partial charge in [-0.3, -0.25) is 0 Å². The van der Waals surface area contributed by atoms with Crippen LogP contribution in [0.15, 0.2) is 24.3 Å². The highest BCUT2D eigenvalue weighted by atomic mass is 16.5. The van der Waals surface area contributed by atoms with Gasteiger partial charge in [-0.1, -0.05) is 32.0 Å². The van der Waals surface area contributed by atoms with E-state index in [0.29, 0.717) is 0 Å². The van der Waals surface area contributed by atoms with E-state index >= 15 is 0 Å². The fraction of sp³-hybridized carbons (Fsp3) is 0.429. The second-order valence-corrected chi connectivity index (χ2v) is 6.18. The average Bonchev–Trinajstić information content (AvgIpc) is 2.51. The van der Waals surface area contributed by atoms with E-state index in [2.05, 4.69) is 58.9 Å². The molecule has 0 saturated carbocycles. The lowest BCUT2D eigenvalue weighted by Gasteiger charge is -2.16. The van der Waals surface area contributed by atoms with Crippen LogP contribution in [0.25, 0.3) is 0 Å². The van der Waals surface area contributed by atoms with E-state index in [4.69, 9.17) is 4.74 Å². The van der Waals surface area contributed by atoms with Gasteiger partial charge in [0.05, 0.1) is 7.11 Å². The van der Waals surface area contributed by atoms with Gasteiger partial charge in [0.1, 0.15) is 5.75 Å². The van der Waals surface area contributed by atoms with Crippen molar-refractivity contribution in [3.63, 3.8) is 0 Å². The molecule has 0 heterocycles. The lowest BCUT2D eigenvalue weighted by Crippen LogP contribution is -2.02. The molecule has 22 heavy (non-hydrogen) atoms. The number of aryl methyl sites for hydroxylation is 5. The number of ether oxygens (including phenoxy) is 1. The van der Waals surface area contributed by atoms with E-state index in [1.807, 2.05) is 0 Å². The van der Waals surface area contributed by atoms with Crippen LogP contribution in [0.4, 0.5) is 0 Å². The molecule has 118 valence electrons. The first-order chi connectivity index (χ1) is 10.5. The van der Waals surface area contributed by atoms with Crippen LogP contribution in [-0.2, 0) is 19.3 Å². The first kappa shape index (κ1) is 16.6. The molecule has 1 nitrogen and oxygen atoms in total. The van der Waals surface area contributed by atoms with Crippen molar-refractivity contribution in [1.82, 2.24) is 0 Å². The zero-order chi connectivity index (χ0) is 16.3. The van der Waals surface area contributed by atoms with Gasteiger partial charge in [0.2, 0.25) is 0 Å². The topological polar surface area (TPSA) is 9.23 Å². The summed E-state index contributed by atoms with van der Waals surface area (Å²) in [4.78, 5) is 0. The third kappa shape index (κ3) is 3.35. The van der Waals surface area contributed by atoms with Crippen molar-refractivity contribution in [1.29, 1.82) is 0 Å². The minimum atomic E-state index is 0.990. The first-order valence-corrected chi connectivity index (χ1v) is 8.25. The molecule has 0 aliphatic rings. The molecule has 0 aromatic heterocycles. The molecule has 2 aromatic carbocycles. The molecule has 0 aliphatic carbocycles. The summed E-state index contributed by atoms with van der Waals surface area (Å²) < 4.78 is 5.52. The van der Waals surface area contributed by atoms with Crippen LogP contribution in [0, 0.1) is 20.8 Å². The Bertz CT molecular complexity index is 668. The van der Waals surface area contributed by atoms with Crippen molar-refractivity contribution >= 4 is 0 Å². The minimum absolute atomic E-state index is 0.990. The van der Waals surface area contributed by atoms with Crippen LogP contribution in [-0.4, -0.2) is 7.11 Å². The molecule has 0 radical (unpaired) electrons. The van der Waals surface area contributed by atoms with E-state index in [9.17, 15) is 0 Å². The van der Waals surface area contributed by atoms with Crippen molar-refractivity contribution in [3.05, 3.63) is 63.2 Å². The standard InChI is InChI=1S/C21H28O/c1-7-17-9-14(3)15(4)10-19(17)12-20-13-21(22-6)16(5)11-18(20)8-2/h9-11,13H,7-8,12H2,1-6H3. The Labute approximate surface area is 135 Å². The van der Waals surface area contributed by atoms with Crippen molar-refractivity contribution in [2.45, 2.75) is 53.9 Å². The molecular formula is C21H28O. The summed E-state index contributed by atoms with van der Waals surface area (Å²) in [5.74, 6) is 0.995. The van der Waals surface area contributed by atoms with Crippen LogP contribution in [0.3, 0.4) is 0 Å². The molecule has 2 rings (SSSR count). The minimum Gasteiger partial charge on any atom is -0.496 e. The van der Waals surface area contributed by atoms with Gasteiger partial charge in [-0.25, -0.2) is 0 Å². The highest BCUT2D eigenvalue weighted by Gasteiger charge is 2.11. The molecular weight excluding hydrogens is 268 g/mol. The Balaban J connectivity index is 2.48. The fourth-order valence-electron chi connectivity index (χ4n) is 3.14. The second-order valence-electron chi connectivity index (χ2n) is 6.18. The number of hydrogen-bond donors (Lipinski definition) is 0. The number of hydrogen-bond acceptors (Lipinski definition) is 1. The maximum Gasteiger partial charge on any atom is 0.122 e. The second kappa shape index (κ2) is 7.00. The third-order valence-corrected chi connectivity index (χ3v) is 4.68. The molecule has 0 spiro atoms. The van der Waals surface area contributed by atoms with Gasteiger partial charge in [-0.2, -0.15) is 0 Å². The van der Waals surface area contributed by atoms with Gasteiger partial charge in [0.15, 0.2) is 0 Å². The zero-order valence-corrected chi connectivity index (χ0v) is 14.8. The molecule has 0 aliphatic heterocycles. The van der Waals surface area contributed by atoms with Crippen LogP contribution < -0.4 is 4.74 Å². The molecule has 1 heteroatoms. The summed E-state index contributed by atoms with van der Waals surface area (Å²) >= 11 is 0. The van der Waals surface area contributed by atoms with E-state index in [0.717, 1.165) is 25.0 Å². The van der Waals surface area contributed by atoms with Crippen molar-refractivity contribution in [2.75, 3.05) is 7.11 Å². The molecule has 0 N–H and O–H groups in total. The maximum atomic E-state index is 5.52. The Morgan fingerprint density at radius 3 is 1.64 bits per heavy atom. The van der Waals surface area contributed by atoms with Crippen molar-refractivity contribution in [3.8, 4) is 5.75 Å². The van der Waals surface area contributed by atoms with Crippen LogP contribution in [0.1, 0.15) is 52.8 Å². The molecule has 0 unspecified atom stereocenters. The first-order valence-electron chi connectivity index (χ1n) is 8.25. The Kier molecular flexibility index (Phi) is 5.28. The lowest BCUT2D eigenvalue weighted by atomic mass is 9.90. The summed E-state index contributed by atoms with van der Waals surface area (Å²) in [5.41, 5.74) is 9.72. The molecule has 0 atom stereocenters. The van der Waals surface area contributed by atoms with Crippen molar-refractivity contribution < 1.29 is 4.74 Å². The monoisotopic (exact) mass is 296 g/mol. The fourth-order valence-corrected chi connectivity index (χ4v) is 3.14. The van der Waals surface area contributed by atoms with Crippen LogP contribution in [0.5, 0.6) is 5.75 Å². The summed E-state index contributed by atoms with van der Waals surface area (Å²) in [6.45, 7) is 11.0. The summed E-state index contributed by atoms with van der Waals surface area (Å²) in [6, 6.07) is 9.21. The summed E-state index contributed by atoms with van der Waals surface area (Å²) in [6.07, 6.45) is 3.14. The SMILES string of the molecule is CCc1cc(C)c(C)cc1Cc1cc(OC)c(C)cc1CC. The normalized spacial score (nSPS) is 10.8. The van der Waals surface area contributed by atoms with Gasteiger partial charge in [-0.05, 0) is 85.0 Å². The average molecular weight is 296 g/mol. The Morgan fingerprint density at radius 1 is 0.682 bits per heavy atom. The summed E-state index contributed by atoms with van der Waals surface area (Å²) in [7, 11) is 1.76. The lowest BCUT2D eigenvalue weighted by molar-refractivity contribution is 0.411. The molecule has 2 aromatic rings. The van der Waals surface area contributed by atoms with Crippen molar-refractivity contribution in [2.24, 2.45) is 0 Å². The van der Waals surface area contributed by atoms with E-state index in [1.54, 1.807) is 7.11 Å². The van der Waals surface area contributed by atoms with E-state index in [1.165, 1.54) is 38.9 Å². The quantitative estimate of drug-likeness (QED) is 0.724. The molecule has 0 saturated heterocycles. The molecule has 0 amide bonds. The number of methoxy groups -OCH3 is 1. The predicted molar refractivity (Wildman–Crippen MR) is 95.2 cm³/mol. The van der Waals surface area contributed by atoms with E-state index < -0.39 is 0 Å². The smallest absolute Gasteiger partial charge is 0.122 e. The Morgan fingerprint density at radius 2 is 1.14 bits per heavy atom. The van der Waals surface area contributed by atoms with Gasteiger partial charge >= 0.3 is 0 Å². The molecule has 0 bridgehead atoms. The van der Waals surface area contributed by atoms with Crippen LogP contribution >= 0.6 is 0 Å². The molecule has 0 fully saturated rings. The summed E-state index contributed by atoms with van der Waals surface area (Å²) in [5, 5.41) is 0.